The SMILES string of the molecule is C=C/C=C(\C=C(\C)CCC)CCN1C(=O)c2ccccc2C1=O. The molecular formula is C20H23NO2. The average Bonchev–Trinajstić information content (AvgIpc) is 2.78. The van der Waals surface area contributed by atoms with E-state index in [1.807, 2.05) is 6.08 Å². The van der Waals surface area contributed by atoms with E-state index in [1.54, 1.807) is 30.3 Å². The summed E-state index contributed by atoms with van der Waals surface area (Å²) in [5.74, 6) is -0.393. The van der Waals surface area contributed by atoms with Gasteiger partial charge < -0.3 is 0 Å². The number of nitrogens with zero attached hydrogens (tertiary/aromatic N) is 1. The molecule has 0 spiro atoms. The minimum absolute atomic E-state index is 0.196. The first-order valence-corrected chi connectivity index (χ1v) is 8.02. The Balaban J connectivity index is 2.09. The molecule has 1 aromatic rings. The molecule has 2 rings (SSSR count). The molecule has 1 heterocycles. The monoisotopic (exact) mass is 309 g/mol. The van der Waals surface area contributed by atoms with Crippen LogP contribution in [-0.2, 0) is 0 Å². The first-order chi connectivity index (χ1) is 11.1. The molecule has 0 saturated heterocycles. The van der Waals surface area contributed by atoms with Gasteiger partial charge in [0.2, 0.25) is 0 Å². The third-order valence-electron chi connectivity index (χ3n) is 3.91. The molecule has 0 aliphatic carbocycles. The summed E-state index contributed by atoms with van der Waals surface area (Å²) in [7, 11) is 0. The van der Waals surface area contributed by atoms with Gasteiger partial charge in [0, 0.05) is 6.54 Å². The Hall–Kier alpha value is -2.42. The fourth-order valence-corrected chi connectivity index (χ4v) is 2.82. The maximum absolute atomic E-state index is 12.4. The highest BCUT2D eigenvalue weighted by molar-refractivity contribution is 6.21. The van der Waals surface area contributed by atoms with Gasteiger partial charge in [-0.15, -0.1) is 0 Å². The van der Waals surface area contributed by atoms with E-state index in [2.05, 4.69) is 26.5 Å². The number of fused-ring (bicyclic) bond motifs is 1. The van der Waals surface area contributed by atoms with Crippen molar-refractivity contribution in [1.29, 1.82) is 0 Å². The Labute approximate surface area is 138 Å². The summed E-state index contributed by atoms with van der Waals surface area (Å²) < 4.78 is 0. The molecule has 0 aromatic heterocycles. The minimum atomic E-state index is -0.196. The summed E-state index contributed by atoms with van der Waals surface area (Å²) in [6, 6.07) is 6.99. The highest BCUT2D eigenvalue weighted by Crippen LogP contribution is 2.23. The van der Waals surface area contributed by atoms with Gasteiger partial charge in [-0.25, -0.2) is 0 Å². The van der Waals surface area contributed by atoms with Crippen molar-refractivity contribution in [3.8, 4) is 0 Å². The summed E-state index contributed by atoms with van der Waals surface area (Å²) >= 11 is 0. The fourth-order valence-electron chi connectivity index (χ4n) is 2.82. The first-order valence-electron chi connectivity index (χ1n) is 8.02. The standard InChI is InChI=1S/C20H23NO2/c1-4-8-15(3)14-16(9-5-2)12-13-21-19(22)17-10-6-7-11-18(17)20(21)23/h5-7,9-11,14H,2,4,8,12-13H2,1,3H3/b15-14-,16-9-. The molecular weight excluding hydrogens is 286 g/mol. The molecule has 0 saturated carbocycles. The molecule has 3 nitrogen and oxygen atoms in total. The predicted molar refractivity (Wildman–Crippen MR) is 93.4 cm³/mol. The molecule has 120 valence electrons. The van der Waals surface area contributed by atoms with Crippen LogP contribution in [0.25, 0.3) is 0 Å². The molecule has 3 heteroatoms. The number of amides is 2. The topological polar surface area (TPSA) is 37.4 Å². The zero-order valence-corrected chi connectivity index (χ0v) is 13.8. The van der Waals surface area contributed by atoms with E-state index in [1.165, 1.54) is 10.5 Å². The predicted octanol–water partition coefficient (Wildman–Crippen LogP) is 4.53. The molecule has 0 radical (unpaired) electrons. The molecule has 1 aliphatic heterocycles. The number of imide groups is 1. The van der Waals surface area contributed by atoms with E-state index in [9.17, 15) is 9.59 Å². The number of hydrogen-bond donors (Lipinski definition) is 0. The summed E-state index contributed by atoms with van der Waals surface area (Å²) in [6.07, 6.45) is 8.59. The van der Waals surface area contributed by atoms with E-state index in [-0.39, 0.29) is 11.8 Å². The molecule has 0 unspecified atom stereocenters. The van der Waals surface area contributed by atoms with Crippen molar-refractivity contribution in [2.24, 2.45) is 0 Å². The van der Waals surface area contributed by atoms with E-state index >= 15 is 0 Å². The van der Waals surface area contributed by atoms with Crippen LogP contribution >= 0.6 is 0 Å². The maximum Gasteiger partial charge on any atom is 0.261 e. The van der Waals surface area contributed by atoms with Crippen molar-refractivity contribution in [1.82, 2.24) is 4.90 Å². The second kappa shape index (κ2) is 7.73. The number of carbonyl (C=O) groups is 2. The third-order valence-corrected chi connectivity index (χ3v) is 3.91. The average molecular weight is 309 g/mol. The van der Waals surface area contributed by atoms with Crippen LogP contribution < -0.4 is 0 Å². The third kappa shape index (κ3) is 3.86. The van der Waals surface area contributed by atoms with Gasteiger partial charge in [0.05, 0.1) is 11.1 Å². The zero-order chi connectivity index (χ0) is 16.8. The number of allylic oxidation sites excluding steroid dienone is 4. The van der Waals surface area contributed by atoms with E-state index in [4.69, 9.17) is 0 Å². The van der Waals surface area contributed by atoms with Gasteiger partial charge >= 0.3 is 0 Å². The highest BCUT2D eigenvalue weighted by atomic mass is 16.2. The van der Waals surface area contributed by atoms with Gasteiger partial charge in [-0.3, -0.25) is 14.5 Å². The molecule has 2 amide bonds. The van der Waals surface area contributed by atoms with Gasteiger partial charge in [-0.2, -0.15) is 0 Å². The van der Waals surface area contributed by atoms with Gasteiger partial charge in [0.1, 0.15) is 0 Å². The van der Waals surface area contributed by atoms with Crippen molar-refractivity contribution < 1.29 is 9.59 Å². The Morgan fingerprint density at radius 3 is 2.26 bits per heavy atom. The van der Waals surface area contributed by atoms with E-state index in [0.717, 1.165) is 18.4 Å². The quantitative estimate of drug-likeness (QED) is 0.548. The number of carbonyl (C=O) groups excluding carboxylic acids is 2. The maximum atomic E-state index is 12.4. The summed E-state index contributed by atoms with van der Waals surface area (Å²) in [5, 5.41) is 0. The summed E-state index contributed by atoms with van der Waals surface area (Å²) in [6.45, 7) is 8.38. The van der Waals surface area contributed by atoms with Crippen LogP contribution in [0, 0.1) is 0 Å². The van der Waals surface area contributed by atoms with Gasteiger partial charge in [-0.1, -0.05) is 55.9 Å². The lowest BCUT2D eigenvalue weighted by Gasteiger charge is -2.14. The van der Waals surface area contributed by atoms with Crippen LogP contribution in [0.2, 0.25) is 0 Å². The lowest BCUT2D eigenvalue weighted by Crippen LogP contribution is -2.30. The Bertz CT molecular complexity index is 648. The highest BCUT2D eigenvalue weighted by Gasteiger charge is 2.34. The van der Waals surface area contributed by atoms with Crippen molar-refractivity contribution in [2.75, 3.05) is 6.54 Å². The normalized spacial score (nSPS) is 15.1. The lowest BCUT2D eigenvalue weighted by molar-refractivity contribution is 0.0656. The van der Waals surface area contributed by atoms with Crippen molar-refractivity contribution >= 4 is 11.8 Å². The Morgan fingerprint density at radius 1 is 1.13 bits per heavy atom. The summed E-state index contributed by atoms with van der Waals surface area (Å²) in [4.78, 5) is 26.0. The zero-order valence-electron chi connectivity index (χ0n) is 13.8. The van der Waals surface area contributed by atoms with E-state index in [0.29, 0.717) is 24.1 Å². The molecule has 1 aromatic carbocycles. The molecule has 0 bridgehead atoms. The van der Waals surface area contributed by atoms with Crippen molar-refractivity contribution in [2.45, 2.75) is 33.1 Å². The molecule has 0 N–H and O–H groups in total. The number of benzene rings is 1. The molecule has 0 atom stereocenters. The van der Waals surface area contributed by atoms with Crippen LogP contribution in [0.4, 0.5) is 0 Å². The van der Waals surface area contributed by atoms with Gasteiger partial charge in [-0.05, 0) is 37.5 Å². The van der Waals surface area contributed by atoms with Gasteiger partial charge in [0.15, 0.2) is 0 Å². The number of hydrogen-bond acceptors (Lipinski definition) is 2. The second-order valence-corrected chi connectivity index (χ2v) is 5.78. The first kappa shape index (κ1) is 16.9. The fraction of sp³-hybridized carbons (Fsp3) is 0.300. The lowest BCUT2D eigenvalue weighted by atomic mass is 10.1. The van der Waals surface area contributed by atoms with Crippen LogP contribution in [0.15, 0.2) is 60.2 Å². The molecule has 0 fully saturated rings. The summed E-state index contributed by atoms with van der Waals surface area (Å²) in [5.41, 5.74) is 3.39. The Morgan fingerprint density at radius 2 is 1.74 bits per heavy atom. The van der Waals surface area contributed by atoms with E-state index < -0.39 is 0 Å². The van der Waals surface area contributed by atoms with Crippen LogP contribution in [0.5, 0.6) is 0 Å². The van der Waals surface area contributed by atoms with Crippen LogP contribution in [-0.4, -0.2) is 23.3 Å². The van der Waals surface area contributed by atoms with Gasteiger partial charge in [0.25, 0.3) is 11.8 Å². The molecule has 23 heavy (non-hydrogen) atoms. The minimum Gasteiger partial charge on any atom is -0.274 e. The second-order valence-electron chi connectivity index (χ2n) is 5.78. The van der Waals surface area contributed by atoms with Crippen molar-refractivity contribution in [3.63, 3.8) is 0 Å². The van der Waals surface area contributed by atoms with Crippen molar-refractivity contribution in [3.05, 3.63) is 71.3 Å². The van der Waals surface area contributed by atoms with Crippen LogP contribution in [0.1, 0.15) is 53.8 Å². The largest absolute Gasteiger partial charge is 0.274 e. The Kier molecular flexibility index (Phi) is 5.69. The van der Waals surface area contributed by atoms with Crippen LogP contribution in [0.3, 0.4) is 0 Å². The smallest absolute Gasteiger partial charge is 0.261 e. The molecule has 1 aliphatic rings. The number of rotatable bonds is 7.